The third kappa shape index (κ3) is 6.69. The molecule has 3 aromatic carbocycles. The lowest BCUT2D eigenvalue weighted by Crippen LogP contribution is -2.19. The SMILES string of the molecule is CN(C)CCc1ccc(Nc2nccc(-c3c(-c4cccc(NC(=O)Nc5ccccc5)c4)nc4ccccn34)n2)cc1. The number of pyridine rings is 1. The van der Waals surface area contributed by atoms with E-state index in [4.69, 9.17) is 9.97 Å². The number of hydrogen-bond acceptors (Lipinski definition) is 6. The summed E-state index contributed by atoms with van der Waals surface area (Å²) in [4.78, 5) is 29.1. The number of hydrogen-bond donors (Lipinski definition) is 3. The Morgan fingerprint density at radius 2 is 1.56 bits per heavy atom. The van der Waals surface area contributed by atoms with E-state index in [1.54, 1.807) is 6.20 Å². The number of carbonyl (C=O) groups is 1. The lowest BCUT2D eigenvalue weighted by atomic mass is 10.1. The molecule has 0 saturated carbocycles. The molecule has 2 amide bonds. The Morgan fingerprint density at radius 3 is 2.37 bits per heavy atom. The summed E-state index contributed by atoms with van der Waals surface area (Å²) in [5, 5.41) is 9.12. The zero-order chi connectivity index (χ0) is 29.6. The smallest absolute Gasteiger partial charge is 0.323 e. The molecular formula is C34H32N8O. The number of nitrogens with zero attached hydrogens (tertiary/aromatic N) is 5. The van der Waals surface area contributed by atoms with Crippen LogP contribution in [0.15, 0.2) is 116 Å². The minimum atomic E-state index is -0.323. The van der Waals surface area contributed by atoms with Crippen molar-refractivity contribution in [3.63, 3.8) is 0 Å². The third-order valence-corrected chi connectivity index (χ3v) is 6.91. The third-order valence-electron chi connectivity index (χ3n) is 6.91. The molecule has 9 nitrogen and oxygen atoms in total. The number of amides is 2. The topological polar surface area (TPSA) is 99.5 Å². The number of anilines is 4. The molecule has 3 aromatic heterocycles. The molecule has 6 rings (SSSR count). The van der Waals surface area contributed by atoms with Crippen molar-refractivity contribution in [3.05, 3.63) is 121 Å². The van der Waals surface area contributed by atoms with Gasteiger partial charge in [0.2, 0.25) is 5.95 Å². The van der Waals surface area contributed by atoms with Crippen molar-refractivity contribution in [2.75, 3.05) is 36.6 Å². The molecular weight excluding hydrogens is 536 g/mol. The summed E-state index contributed by atoms with van der Waals surface area (Å²) in [6, 6.07) is 32.7. The van der Waals surface area contributed by atoms with Gasteiger partial charge in [0.15, 0.2) is 0 Å². The number of benzene rings is 3. The summed E-state index contributed by atoms with van der Waals surface area (Å²) in [6.07, 6.45) is 4.71. The number of likely N-dealkylation sites (N-methyl/N-ethyl adjacent to an activating group) is 1. The summed E-state index contributed by atoms with van der Waals surface area (Å²) in [6.45, 7) is 0.999. The van der Waals surface area contributed by atoms with Crippen LogP contribution in [0.3, 0.4) is 0 Å². The van der Waals surface area contributed by atoms with Crippen molar-refractivity contribution in [2.45, 2.75) is 6.42 Å². The van der Waals surface area contributed by atoms with Crippen molar-refractivity contribution < 1.29 is 4.79 Å². The van der Waals surface area contributed by atoms with Crippen molar-refractivity contribution in [3.8, 4) is 22.6 Å². The number of carbonyl (C=O) groups excluding carboxylic acids is 1. The standard InChI is InChI=1S/C34H32N8O/c1-41(2)22-19-24-14-16-27(17-15-24)36-33-35-20-18-29(39-33)32-31(40-30-13-6-7-21-42(30)32)25-9-8-12-28(23-25)38-34(43)37-26-10-4-3-5-11-26/h3-18,20-21,23H,19,22H2,1-2H3,(H,35,36,39)(H2,37,38,43). The lowest BCUT2D eigenvalue weighted by molar-refractivity contribution is 0.262. The van der Waals surface area contributed by atoms with E-state index < -0.39 is 0 Å². The molecule has 3 heterocycles. The Morgan fingerprint density at radius 1 is 0.791 bits per heavy atom. The molecule has 6 aromatic rings. The van der Waals surface area contributed by atoms with Crippen LogP contribution in [0.5, 0.6) is 0 Å². The molecule has 0 aliphatic carbocycles. The maximum Gasteiger partial charge on any atom is 0.323 e. The summed E-state index contributed by atoms with van der Waals surface area (Å²) >= 11 is 0. The van der Waals surface area contributed by atoms with E-state index in [9.17, 15) is 4.79 Å². The van der Waals surface area contributed by atoms with Gasteiger partial charge in [-0.15, -0.1) is 0 Å². The first-order valence-electron chi connectivity index (χ1n) is 14.1. The Hall–Kier alpha value is -5.54. The molecule has 0 aliphatic heterocycles. The number of aromatic nitrogens is 4. The number of urea groups is 1. The van der Waals surface area contributed by atoms with Crippen LogP contribution in [-0.4, -0.2) is 50.9 Å². The van der Waals surface area contributed by atoms with E-state index >= 15 is 0 Å². The average Bonchev–Trinajstić information content (AvgIpc) is 3.41. The quantitative estimate of drug-likeness (QED) is 0.175. The predicted octanol–water partition coefficient (Wildman–Crippen LogP) is 6.95. The minimum Gasteiger partial charge on any atom is -0.324 e. The summed E-state index contributed by atoms with van der Waals surface area (Å²) < 4.78 is 2.02. The second-order valence-corrected chi connectivity index (χ2v) is 10.4. The molecule has 0 saturated heterocycles. The van der Waals surface area contributed by atoms with Crippen molar-refractivity contribution in [1.82, 2.24) is 24.3 Å². The van der Waals surface area contributed by atoms with Crippen LogP contribution in [0.2, 0.25) is 0 Å². The largest absolute Gasteiger partial charge is 0.324 e. The zero-order valence-electron chi connectivity index (χ0n) is 24.0. The van der Waals surface area contributed by atoms with Gasteiger partial charge in [-0.25, -0.2) is 19.7 Å². The Bertz CT molecular complexity index is 1850. The number of rotatable bonds is 9. The van der Waals surface area contributed by atoms with Gasteiger partial charge in [0.05, 0.1) is 17.1 Å². The average molecular weight is 569 g/mol. The van der Waals surface area contributed by atoms with Crippen molar-refractivity contribution in [2.24, 2.45) is 0 Å². The fourth-order valence-corrected chi connectivity index (χ4v) is 4.79. The number of nitrogens with one attached hydrogen (secondary N) is 3. The molecule has 0 unspecified atom stereocenters. The van der Waals surface area contributed by atoms with Crippen LogP contribution in [0.25, 0.3) is 28.3 Å². The molecule has 0 fully saturated rings. The first-order valence-corrected chi connectivity index (χ1v) is 14.1. The van der Waals surface area contributed by atoms with E-state index in [2.05, 4.69) is 52.1 Å². The van der Waals surface area contributed by atoms with Crippen LogP contribution in [0, 0.1) is 0 Å². The van der Waals surface area contributed by atoms with Gasteiger partial charge in [-0.2, -0.15) is 0 Å². The van der Waals surface area contributed by atoms with E-state index in [1.165, 1.54) is 5.56 Å². The minimum absolute atomic E-state index is 0.323. The van der Waals surface area contributed by atoms with Gasteiger partial charge in [-0.3, -0.25) is 4.40 Å². The van der Waals surface area contributed by atoms with Crippen LogP contribution >= 0.6 is 0 Å². The van der Waals surface area contributed by atoms with Gasteiger partial charge in [-0.1, -0.05) is 48.5 Å². The predicted molar refractivity (Wildman–Crippen MR) is 173 cm³/mol. The van der Waals surface area contributed by atoms with E-state index in [0.717, 1.165) is 41.3 Å². The molecule has 9 heteroatoms. The molecule has 0 bridgehead atoms. The molecule has 214 valence electrons. The number of fused-ring (bicyclic) bond motifs is 1. The summed E-state index contributed by atoms with van der Waals surface area (Å²) in [7, 11) is 4.16. The zero-order valence-corrected chi connectivity index (χ0v) is 24.0. The van der Waals surface area contributed by atoms with Gasteiger partial charge >= 0.3 is 6.03 Å². The molecule has 0 atom stereocenters. The maximum absolute atomic E-state index is 12.7. The van der Waals surface area contributed by atoms with Gasteiger partial charge < -0.3 is 20.9 Å². The van der Waals surface area contributed by atoms with Gasteiger partial charge in [0.1, 0.15) is 5.65 Å². The highest BCUT2D eigenvalue weighted by molar-refractivity contribution is 6.00. The highest BCUT2D eigenvalue weighted by Gasteiger charge is 2.18. The second-order valence-electron chi connectivity index (χ2n) is 10.4. The van der Waals surface area contributed by atoms with E-state index in [1.807, 2.05) is 102 Å². The van der Waals surface area contributed by atoms with Gasteiger partial charge in [-0.05, 0) is 80.7 Å². The Labute approximate surface area is 250 Å². The van der Waals surface area contributed by atoms with Gasteiger partial charge in [0, 0.05) is 41.6 Å². The normalized spacial score (nSPS) is 11.0. The summed E-state index contributed by atoms with van der Waals surface area (Å²) in [5.41, 5.74) is 7.47. The molecule has 0 radical (unpaired) electrons. The van der Waals surface area contributed by atoms with Crippen LogP contribution in [-0.2, 0) is 6.42 Å². The second kappa shape index (κ2) is 12.5. The first-order chi connectivity index (χ1) is 21.0. The van der Waals surface area contributed by atoms with Crippen LogP contribution in [0.4, 0.5) is 27.8 Å². The van der Waals surface area contributed by atoms with E-state index in [-0.39, 0.29) is 6.03 Å². The first kappa shape index (κ1) is 27.6. The fourth-order valence-electron chi connectivity index (χ4n) is 4.79. The maximum atomic E-state index is 12.7. The van der Waals surface area contributed by atoms with Crippen molar-refractivity contribution in [1.29, 1.82) is 0 Å². The summed E-state index contributed by atoms with van der Waals surface area (Å²) in [5.74, 6) is 0.489. The molecule has 0 spiro atoms. The Kier molecular flexibility index (Phi) is 8.06. The van der Waals surface area contributed by atoms with Crippen molar-refractivity contribution >= 4 is 34.7 Å². The molecule has 0 aliphatic rings. The molecule has 3 N–H and O–H groups in total. The highest BCUT2D eigenvalue weighted by atomic mass is 16.2. The van der Waals surface area contributed by atoms with Gasteiger partial charge in [0.25, 0.3) is 0 Å². The Balaban J connectivity index is 1.28. The van der Waals surface area contributed by atoms with Crippen LogP contribution in [0.1, 0.15) is 5.56 Å². The fraction of sp³-hybridized carbons (Fsp3) is 0.118. The monoisotopic (exact) mass is 568 g/mol. The lowest BCUT2D eigenvalue weighted by Gasteiger charge is -2.11. The number of para-hydroxylation sites is 1. The number of imidazole rings is 1. The molecule has 43 heavy (non-hydrogen) atoms. The highest BCUT2D eigenvalue weighted by Crippen LogP contribution is 2.33. The van der Waals surface area contributed by atoms with Crippen LogP contribution < -0.4 is 16.0 Å². The van der Waals surface area contributed by atoms with E-state index in [0.29, 0.717) is 23.0 Å².